The van der Waals surface area contributed by atoms with Gasteiger partial charge in [-0.15, -0.1) is 0 Å². The summed E-state index contributed by atoms with van der Waals surface area (Å²) in [5.74, 6) is 0. The van der Waals surface area contributed by atoms with Crippen molar-refractivity contribution in [3.8, 4) is 0 Å². The maximum absolute atomic E-state index is 12.0. The van der Waals surface area contributed by atoms with Gasteiger partial charge < -0.3 is 9.79 Å². The third-order valence-electron chi connectivity index (χ3n) is 2.35. The third kappa shape index (κ3) is 3.37. The van der Waals surface area contributed by atoms with Crippen molar-refractivity contribution in [1.82, 2.24) is 9.71 Å². The number of hydrogen-bond donors (Lipinski definition) is 3. The molecule has 0 saturated heterocycles. The number of hydrogen-bond acceptors (Lipinski definition) is 4. The van der Waals surface area contributed by atoms with Gasteiger partial charge in [0.15, 0.2) is 0 Å². The molecular weight excluding hydrogens is 291 g/mol. The topological polar surface area (TPSA) is 117 Å². The lowest BCUT2D eigenvalue weighted by molar-refractivity contribution is 0.371. The zero-order valence-corrected chi connectivity index (χ0v) is 11.3. The van der Waals surface area contributed by atoms with Gasteiger partial charge in [0.2, 0.25) is 10.0 Å². The van der Waals surface area contributed by atoms with Gasteiger partial charge in [-0.3, -0.25) is 9.55 Å². The monoisotopic (exact) mass is 302 g/mol. The first-order chi connectivity index (χ1) is 8.80. The molecule has 0 aliphatic rings. The van der Waals surface area contributed by atoms with Crippen LogP contribution in [0.5, 0.6) is 0 Å². The second kappa shape index (κ2) is 4.99. The van der Waals surface area contributed by atoms with Crippen LogP contribution in [0.15, 0.2) is 41.4 Å². The summed E-state index contributed by atoms with van der Waals surface area (Å²) in [6, 6.07) is 7.93. The van der Waals surface area contributed by atoms with E-state index in [2.05, 4.69) is 4.98 Å². The van der Waals surface area contributed by atoms with Crippen LogP contribution in [0, 0.1) is 0 Å². The van der Waals surface area contributed by atoms with Crippen molar-refractivity contribution < 1.29 is 22.8 Å². The number of sulfonamides is 1. The third-order valence-corrected chi connectivity index (χ3v) is 4.56. The smallest absolute Gasteiger partial charge is 0.324 e. The largest absolute Gasteiger partial charge is 0.340 e. The fraction of sp³-hybridized carbons (Fsp3) is 0.100. The Labute approximate surface area is 109 Å². The van der Waals surface area contributed by atoms with Crippen molar-refractivity contribution >= 4 is 28.5 Å². The van der Waals surface area contributed by atoms with Crippen molar-refractivity contribution in [2.75, 3.05) is 6.29 Å². The van der Waals surface area contributed by atoms with E-state index in [4.69, 9.17) is 9.79 Å². The van der Waals surface area contributed by atoms with Gasteiger partial charge in [0.05, 0.1) is 5.52 Å². The summed E-state index contributed by atoms with van der Waals surface area (Å²) in [7, 11) is -8.48. The Hall–Kier alpha value is -1.31. The molecule has 0 atom stereocenters. The molecule has 0 saturated carbocycles. The minimum absolute atomic E-state index is 0.112. The van der Waals surface area contributed by atoms with Gasteiger partial charge >= 0.3 is 7.60 Å². The van der Waals surface area contributed by atoms with E-state index in [1.54, 1.807) is 18.2 Å². The molecule has 2 aromatic rings. The highest BCUT2D eigenvalue weighted by Crippen LogP contribution is 2.33. The molecule has 1 aromatic heterocycles. The molecule has 1 aromatic carbocycles. The van der Waals surface area contributed by atoms with E-state index in [1.165, 1.54) is 18.3 Å². The van der Waals surface area contributed by atoms with Crippen molar-refractivity contribution in [3.63, 3.8) is 0 Å². The molecule has 0 aliphatic heterocycles. The molecule has 7 nitrogen and oxygen atoms in total. The number of fused-ring (bicyclic) bond motifs is 1. The van der Waals surface area contributed by atoms with E-state index in [0.717, 1.165) is 0 Å². The van der Waals surface area contributed by atoms with Crippen molar-refractivity contribution in [2.45, 2.75) is 4.90 Å². The van der Waals surface area contributed by atoms with E-state index in [9.17, 15) is 13.0 Å². The van der Waals surface area contributed by atoms with Gasteiger partial charge in [-0.05, 0) is 12.1 Å². The first-order valence-corrected chi connectivity index (χ1v) is 8.46. The SMILES string of the molecule is O=P(O)(O)CNS(=O)(=O)c1cccc2cccnc12. The van der Waals surface area contributed by atoms with Gasteiger partial charge in [-0.25, -0.2) is 8.42 Å². The molecule has 0 amide bonds. The molecule has 0 spiro atoms. The normalized spacial score (nSPS) is 12.7. The number of para-hydroxylation sites is 1. The second-order valence-corrected chi connectivity index (χ2v) is 7.18. The molecule has 1 heterocycles. The summed E-state index contributed by atoms with van der Waals surface area (Å²) in [5, 5.41) is 0.626. The Bertz CT molecular complexity index is 750. The second-order valence-electron chi connectivity index (χ2n) is 3.80. The Morgan fingerprint density at radius 1 is 1.21 bits per heavy atom. The lowest BCUT2D eigenvalue weighted by Gasteiger charge is -2.09. The number of pyridine rings is 1. The van der Waals surface area contributed by atoms with E-state index in [0.29, 0.717) is 5.39 Å². The molecule has 102 valence electrons. The minimum Gasteiger partial charge on any atom is -0.324 e. The zero-order chi connectivity index (χ0) is 14.1. The quantitative estimate of drug-likeness (QED) is 0.714. The summed E-state index contributed by atoms with van der Waals surface area (Å²) >= 11 is 0. The summed E-state index contributed by atoms with van der Waals surface area (Å²) in [6.07, 6.45) is 0.503. The maximum Gasteiger partial charge on any atom is 0.340 e. The van der Waals surface area contributed by atoms with Gasteiger partial charge in [0.1, 0.15) is 11.2 Å². The molecule has 2 rings (SSSR count). The van der Waals surface area contributed by atoms with Crippen LogP contribution in [0.4, 0.5) is 0 Å². The predicted molar refractivity (Wildman–Crippen MR) is 69.0 cm³/mol. The molecule has 0 unspecified atom stereocenters. The number of benzene rings is 1. The van der Waals surface area contributed by atoms with Gasteiger partial charge in [-0.2, -0.15) is 4.72 Å². The first kappa shape index (κ1) is 14.1. The fourth-order valence-electron chi connectivity index (χ4n) is 1.54. The van der Waals surface area contributed by atoms with Gasteiger partial charge in [0, 0.05) is 11.6 Å². The van der Waals surface area contributed by atoms with Crippen LogP contribution in [-0.2, 0) is 14.6 Å². The minimum atomic E-state index is -4.45. The molecule has 9 heteroatoms. The zero-order valence-electron chi connectivity index (χ0n) is 9.59. The molecule has 19 heavy (non-hydrogen) atoms. The summed E-state index contributed by atoms with van der Waals surface area (Å²) < 4.78 is 36.6. The molecule has 0 bridgehead atoms. The van der Waals surface area contributed by atoms with Crippen molar-refractivity contribution in [3.05, 3.63) is 36.5 Å². The van der Waals surface area contributed by atoms with Gasteiger partial charge in [0.25, 0.3) is 0 Å². The lowest BCUT2D eigenvalue weighted by Crippen LogP contribution is -2.25. The Morgan fingerprint density at radius 3 is 2.58 bits per heavy atom. The van der Waals surface area contributed by atoms with Crippen molar-refractivity contribution in [1.29, 1.82) is 0 Å². The van der Waals surface area contributed by atoms with Crippen LogP contribution < -0.4 is 4.72 Å². The fourth-order valence-corrected chi connectivity index (χ4v) is 3.73. The Kier molecular flexibility index (Phi) is 3.71. The van der Waals surface area contributed by atoms with Crippen molar-refractivity contribution in [2.24, 2.45) is 0 Å². The average molecular weight is 302 g/mol. The highest BCUT2D eigenvalue weighted by atomic mass is 32.2. The van der Waals surface area contributed by atoms with E-state index >= 15 is 0 Å². The average Bonchev–Trinajstić information content (AvgIpc) is 2.35. The molecular formula is C10H11N2O5PS. The van der Waals surface area contributed by atoms with Crippen LogP contribution >= 0.6 is 7.60 Å². The molecule has 0 aliphatic carbocycles. The standard InChI is InChI=1S/C10H11N2O5PS/c13-18(14,15)7-12-19(16,17)9-5-1-3-8-4-2-6-11-10(8)9/h1-6,12H,7H2,(H2,13,14,15). The molecule has 3 N–H and O–H groups in total. The van der Waals surface area contributed by atoms with Crippen LogP contribution in [-0.4, -0.2) is 29.5 Å². The van der Waals surface area contributed by atoms with Crippen LogP contribution in [0.1, 0.15) is 0 Å². The predicted octanol–water partition coefficient (Wildman–Crippen LogP) is 0.648. The van der Waals surface area contributed by atoms with Crippen LogP contribution in [0.2, 0.25) is 0 Å². The number of nitrogens with one attached hydrogen (secondary N) is 1. The van der Waals surface area contributed by atoms with E-state index < -0.39 is 23.9 Å². The van der Waals surface area contributed by atoms with Gasteiger partial charge in [-0.1, -0.05) is 18.2 Å². The summed E-state index contributed by atoms with van der Waals surface area (Å²) in [5.41, 5.74) is 0.253. The molecule has 0 fully saturated rings. The number of rotatable bonds is 4. The summed E-state index contributed by atoms with van der Waals surface area (Å²) in [4.78, 5) is 21.3. The molecule has 0 radical (unpaired) electrons. The Balaban J connectivity index is 2.46. The van der Waals surface area contributed by atoms with E-state index in [1.807, 2.05) is 4.72 Å². The highest BCUT2D eigenvalue weighted by molar-refractivity contribution is 7.90. The first-order valence-electron chi connectivity index (χ1n) is 5.18. The maximum atomic E-state index is 12.0. The van der Waals surface area contributed by atoms with Crippen LogP contribution in [0.3, 0.4) is 0 Å². The number of aromatic nitrogens is 1. The lowest BCUT2D eigenvalue weighted by atomic mass is 10.2. The summed E-state index contributed by atoms with van der Waals surface area (Å²) in [6.45, 7) is 0. The van der Waals surface area contributed by atoms with Crippen LogP contribution in [0.25, 0.3) is 10.9 Å². The van der Waals surface area contributed by atoms with E-state index in [-0.39, 0.29) is 10.4 Å². The Morgan fingerprint density at radius 2 is 1.89 bits per heavy atom. The number of nitrogens with zero attached hydrogens (tertiary/aromatic N) is 1. The highest BCUT2D eigenvalue weighted by Gasteiger charge is 2.22.